The number of rotatable bonds is 11. The maximum absolute atomic E-state index is 12.5. The third-order valence-electron chi connectivity index (χ3n) is 5.95. The lowest BCUT2D eigenvalue weighted by Gasteiger charge is -2.26. The number of nitrogens with one attached hydrogen (secondary N) is 1. The van der Waals surface area contributed by atoms with Crippen molar-refractivity contribution in [2.45, 2.75) is 67.2 Å². The largest absolute Gasteiger partial charge is 0.389 e. The van der Waals surface area contributed by atoms with Gasteiger partial charge in [0.1, 0.15) is 5.01 Å². The van der Waals surface area contributed by atoms with E-state index in [9.17, 15) is 13.5 Å². The van der Waals surface area contributed by atoms with Crippen LogP contribution >= 0.6 is 11.3 Å². The summed E-state index contributed by atoms with van der Waals surface area (Å²) in [4.78, 5) is 0.431. The summed E-state index contributed by atoms with van der Waals surface area (Å²) in [5.41, 5.74) is 2.10. The highest BCUT2D eigenvalue weighted by Crippen LogP contribution is 2.36. The molecule has 31 heavy (non-hydrogen) atoms. The summed E-state index contributed by atoms with van der Waals surface area (Å²) < 4.78 is 30.3. The second-order valence-corrected chi connectivity index (χ2v) is 11.5. The molecule has 1 aromatic heterocycles. The fraction of sp³-hybridized carbons (Fsp3) is 0.545. The zero-order chi connectivity index (χ0) is 21.8. The van der Waals surface area contributed by atoms with Gasteiger partial charge in [-0.2, -0.15) is 0 Å². The zero-order valence-electron chi connectivity index (χ0n) is 17.7. The summed E-state index contributed by atoms with van der Waals surface area (Å²) >= 11 is 1.39. The van der Waals surface area contributed by atoms with Crippen molar-refractivity contribution in [1.29, 1.82) is 0 Å². The van der Waals surface area contributed by atoms with Gasteiger partial charge >= 0.3 is 0 Å². The summed E-state index contributed by atoms with van der Waals surface area (Å²) in [6.07, 6.45) is 7.55. The Bertz CT molecular complexity index is 1010. The molecule has 1 fully saturated rings. The lowest BCUT2D eigenvalue weighted by atomic mass is 9.86. The molecule has 1 aromatic carbocycles. The fourth-order valence-corrected chi connectivity index (χ4v) is 6.45. The number of methoxy groups -OCH3 is 1. The predicted octanol–water partition coefficient (Wildman–Crippen LogP) is 3.27. The van der Waals surface area contributed by atoms with Crippen LogP contribution in [0.15, 0.2) is 35.2 Å². The van der Waals surface area contributed by atoms with E-state index in [-0.39, 0.29) is 23.8 Å². The van der Waals surface area contributed by atoms with Crippen LogP contribution in [0.25, 0.3) is 5.70 Å². The Morgan fingerprint density at radius 2 is 2.00 bits per heavy atom. The average molecular weight is 464 g/mol. The molecule has 2 atom stereocenters. The van der Waals surface area contributed by atoms with Gasteiger partial charge in [0, 0.05) is 25.7 Å². The number of ether oxygens (including phenoxy) is 1. The summed E-state index contributed by atoms with van der Waals surface area (Å²) in [6.45, 7) is 0.633. The molecule has 0 bridgehead atoms. The number of aromatic nitrogens is 2. The Morgan fingerprint density at radius 1 is 1.23 bits per heavy atom. The minimum absolute atomic E-state index is 0.105. The van der Waals surface area contributed by atoms with Gasteiger partial charge in [-0.05, 0) is 49.8 Å². The average Bonchev–Trinajstić information content (AvgIpc) is 3.36. The molecule has 0 radical (unpaired) electrons. The molecule has 2 aromatic rings. The van der Waals surface area contributed by atoms with E-state index in [0.717, 1.165) is 61.4 Å². The summed E-state index contributed by atoms with van der Waals surface area (Å²) in [5, 5.41) is 22.2. The van der Waals surface area contributed by atoms with E-state index in [1.54, 1.807) is 19.2 Å². The molecule has 0 spiro atoms. The smallest absolute Gasteiger partial charge is 0.181 e. The molecular weight excluding hydrogens is 434 g/mol. The van der Waals surface area contributed by atoms with E-state index in [0.29, 0.717) is 9.90 Å². The molecule has 4 rings (SSSR count). The SMILES string of the molecule is COCCCCC(c1ccc(S(=O)(=O)C2CC2)cc1)C1CC=C(c2nnc(CO)s2)N1. The van der Waals surface area contributed by atoms with Gasteiger partial charge in [-0.15, -0.1) is 10.2 Å². The van der Waals surface area contributed by atoms with Crippen LogP contribution in [0, 0.1) is 0 Å². The van der Waals surface area contributed by atoms with Crippen LogP contribution in [0.5, 0.6) is 0 Å². The number of aliphatic hydroxyl groups is 1. The molecule has 2 aliphatic rings. The van der Waals surface area contributed by atoms with Crippen molar-refractivity contribution < 1.29 is 18.3 Å². The Kier molecular flexibility index (Phi) is 7.05. The monoisotopic (exact) mass is 463 g/mol. The Balaban J connectivity index is 1.49. The van der Waals surface area contributed by atoms with Crippen LogP contribution < -0.4 is 5.32 Å². The molecule has 1 aliphatic heterocycles. The van der Waals surface area contributed by atoms with Crippen molar-refractivity contribution in [3.63, 3.8) is 0 Å². The zero-order valence-corrected chi connectivity index (χ0v) is 19.3. The summed E-state index contributed by atoms with van der Waals surface area (Å²) in [6, 6.07) is 7.69. The van der Waals surface area contributed by atoms with Crippen LogP contribution in [0.1, 0.15) is 60.0 Å². The topological polar surface area (TPSA) is 101 Å². The quantitative estimate of drug-likeness (QED) is 0.493. The number of aliphatic hydroxyl groups excluding tert-OH is 1. The normalized spacial score (nSPS) is 19.8. The minimum Gasteiger partial charge on any atom is -0.389 e. The first-order chi connectivity index (χ1) is 15.0. The number of unbranched alkanes of at least 4 members (excludes halogenated alkanes) is 1. The first kappa shape index (κ1) is 22.4. The number of hydrogen-bond donors (Lipinski definition) is 2. The van der Waals surface area contributed by atoms with Crippen LogP contribution in [0.4, 0.5) is 0 Å². The summed E-state index contributed by atoms with van der Waals surface area (Å²) in [5.74, 6) is 0.244. The van der Waals surface area contributed by atoms with Gasteiger partial charge in [0.15, 0.2) is 14.8 Å². The standard InChI is InChI=1S/C22H29N3O4S2/c1-29-13-3-2-4-18(15-5-7-16(8-6-15)31(27,28)17-9-10-17)19-11-12-20(23-19)22-25-24-21(14-26)30-22/h5-8,12,17-19,23,26H,2-4,9-11,13-14H2,1H3. The highest BCUT2D eigenvalue weighted by atomic mass is 32.2. The number of nitrogens with zero attached hydrogens (tertiary/aromatic N) is 2. The second-order valence-electron chi connectivity index (χ2n) is 8.17. The lowest BCUT2D eigenvalue weighted by Crippen LogP contribution is -2.29. The Morgan fingerprint density at radius 3 is 2.65 bits per heavy atom. The minimum atomic E-state index is -3.17. The van der Waals surface area contributed by atoms with Crippen LogP contribution in [-0.4, -0.2) is 48.7 Å². The van der Waals surface area contributed by atoms with E-state index >= 15 is 0 Å². The molecule has 0 amide bonds. The number of benzene rings is 1. The van der Waals surface area contributed by atoms with Crippen molar-refractivity contribution in [2.24, 2.45) is 0 Å². The molecule has 1 saturated carbocycles. The molecule has 2 unspecified atom stereocenters. The number of sulfone groups is 1. The van der Waals surface area contributed by atoms with E-state index in [1.165, 1.54) is 11.3 Å². The molecule has 168 valence electrons. The molecule has 2 N–H and O–H groups in total. The van der Waals surface area contributed by atoms with Crippen molar-refractivity contribution in [3.05, 3.63) is 45.9 Å². The van der Waals surface area contributed by atoms with Crippen molar-refractivity contribution in [2.75, 3.05) is 13.7 Å². The van der Waals surface area contributed by atoms with Crippen LogP contribution in [-0.2, 0) is 21.2 Å². The van der Waals surface area contributed by atoms with E-state index < -0.39 is 9.84 Å². The first-order valence-electron chi connectivity index (χ1n) is 10.8. The van der Waals surface area contributed by atoms with Crippen molar-refractivity contribution in [3.8, 4) is 0 Å². The summed E-state index contributed by atoms with van der Waals surface area (Å²) in [7, 11) is -1.46. The highest BCUT2D eigenvalue weighted by Gasteiger charge is 2.37. The van der Waals surface area contributed by atoms with Gasteiger partial charge in [0.05, 0.1) is 22.4 Å². The van der Waals surface area contributed by atoms with Gasteiger partial charge in [0.2, 0.25) is 0 Å². The maximum atomic E-state index is 12.5. The van der Waals surface area contributed by atoms with Crippen molar-refractivity contribution in [1.82, 2.24) is 15.5 Å². The molecule has 7 nitrogen and oxygen atoms in total. The molecule has 2 heterocycles. The molecule has 1 aliphatic carbocycles. The first-order valence-corrected chi connectivity index (χ1v) is 13.1. The fourth-order valence-electron chi connectivity index (χ4n) is 4.09. The molecule has 0 saturated heterocycles. The van der Waals surface area contributed by atoms with E-state index in [1.807, 2.05) is 12.1 Å². The van der Waals surface area contributed by atoms with Gasteiger partial charge in [-0.3, -0.25) is 0 Å². The number of hydrogen-bond acceptors (Lipinski definition) is 8. The Labute approximate surface area is 187 Å². The second kappa shape index (κ2) is 9.77. The van der Waals surface area contributed by atoms with E-state index in [2.05, 4.69) is 21.6 Å². The Hall–Kier alpha value is -1.81. The molecular formula is C22H29N3O4S2. The van der Waals surface area contributed by atoms with Crippen LogP contribution in [0.3, 0.4) is 0 Å². The highest BCUT2D eigenvalue weighted by molar-refractivity contribution is 7.92. The van der Waals surface area contributed by atoms with Gasteiger partial charge in [0.25, 0.3) is 0 Å². The third kappa shape index (κ3) is 5.16. The lowest BCUT2D eigenvalue weighted by molar-refractivity contribution is 0.191. The van der Waals surface area contributed by atoms with Gasteiger partial charge in [-0.25, -0.2) is 8.42 Å². The van der Waals surface area contributed by atoms with Gasteiger partial charge < -0.3 is 15.2 Å². The van der Waals surface area contributed by atoms with Crippen molar-refractivity contribution >= 4 is 26.9 Å². The van der Waals surface area contributed by atoms with Crippen LogP contribution in [0.2, 0.25) is 0 Å². The maximum Gasteiger partial charge on any atom is 0.181 e. The third-order valence-corrected chi connectivity index (χ3v) is 9.17. The van der Waals surface area contributed by atoms with E-state index in [4.69, 9.17) is 4.74 Å². The molecule has 9 heteroatoms. The predicted molar refractivity (Wildman–Crippen MR) is 120 cm³/mol. The van der Waals surface area contributed by atoms with Gasteiger partial charge in [-0.1, -0.05) is 36.0 Å².